The normalized spacial score (nSPS) is 38.6. The molecule has 3 aliphatic carbocycles. The van der Waals surface area contributed by atoms with Gasteiger partial charge < -0.3 is 5.32 Å². The third kappa shape index (κ3) is 3.05. The molecule has 1 nitrogen and oxygen atoms in total. The van der Waals surface area contributed by atoms with Gasteiger partial charge in [-0.2, -0.15) is 0 Å². The summed E-state index contributed by atoms with van der Waals surface area (Å²) >= 11 is 0. The first kappa shape index (κ1) is 12.0. The maximum Gasteiger partial charge on any atom is 0.00930 e. The lowest BCUT2D eigenvalue weighted by atomic mass is 9.79. The highest BCUT2D eigenvalue weighted by Crippen LogP contribution is 2.49. The van der Waals surface area contributed by atoms with Crippen molar-refractivity contribution in [1.29, 1.82) is 0 Å². The molecule has 0 radical (unpaired) electrons. The zero-order valence-corrected chi connectivity index (χ0v) is 11.6. The minimum Gasteiger partial charge on any atom is -0.313 e. The summed E-state index contributed by atoms with van der Waals surface area (Å²) in [6.07, 6.45) is 10.4. The molecule has 0 aromatic rings. The van der Waals surface area contributed by atoms with Gasteiger partial charge in [-0.15, -0.1) is 0 Å². The average Bonchev–Trinajstić information content (AvgIpc) is 3.15. The second-order valence-corrected chi connectivity index (χ2v) is 7.25. The summed E-state index contributed by atoms with van der Waals surface area (Å²) in [6.45, 7) is 6.21. The molecule has 0 saturated heterocycles. The Bertz CT molecular complexity index is 242. The topological polar surface area (TPSA) is 12.0 Å². The van der Waals surface area contributed by atoms with E-state index in [4.69, 9.17) is 0 Å². The van der Waals surface area contributed by atoms with Crippen LogP contribution in [-0.4, -0.2) is 12.6 Å². The fourth-order valence-electron chi connectivity index (χ4n) is 4.02. The predicted octanol–water partition coefficient (Wildman–Crippen LogP) is 3.84. The van der Waals surface area contributed by atoms with Gasteiger partial charge in [-0.3, -0.25) is 0 Å². The maximum atomic E-state index is 3.93. The van der Waals surface area contributed by atoms with Gasteiger partial charge in [-0.25, -0.2) is 0 Å². The molecule has 0 heterocycles. The van der Waals surface area contributed by atoms with Gasteiger partial charge >= 0.3 is 0 Å². The van der Waals surface area contributed by atoms with Gasteiger partial charge in [0.15, 0.2) is 0 Å². The predicted molar refractivity (Wildman–Crippen MR) is 72.9 cm³/mol. The summed E-state index contributed by atoms with van der Waals surface area (Å²) in [7, 11) is 0. The van der Waals surface area contributed by atoms with Crippen molar-refractivity contribution in [3.8, 4) is 0 Å². The average molecular weight is 235 g/mol. The van der Waals surface area contributed by atoms with Crippen molar-refractivity contribution in [3.63, 3.8) is 0 Å². The van der Waals surface area contributed by atoms with E-state index in [0.29, 0.717) is 0 Å². The summed E-state index contributed by atoms with van der Waals surface area (Å²) in [4.78, 5) is 0. The van der Waals surface area contributed by atoms with E-state index in [2.05, 4.69) is 19.2 Å². The van der Waals surface area contributed by atoms with Crippen LogP contribution in [0.1, 0.15) is 58.8 Å². The van der Waals surface area contributed by atoms with Gasteiger partial charge in [-0.1, -0.05) is 13.8 Å². The zero-order chi connectivity index (χ0) is 11.8. The van der Waals surface area contributed by atoms with Crippen molar-refractivity contribution in [1.82, 2.24) is 5.32 Å². The van der Waals surface area contributed by atoms with Gasteiger partial charge in [0.1, 0.15) is 0 Å². The highest BCUT2D eigenvalue weighted by Gasteiger charge is 2.41. The fraction of sp³-hybridized carbons (Fsp3) is 1.00. The summed E-state index contributed by atoms with van der Waals surface area (Å²) in [5.41, 5.74) is 0. The van der Waals surface area contributed by atoms with Crippen LogP contribution in [0.3, 0.4) is 0 Å². The Balaban J connectivity index is 1.46. The molecule has 3 unspecified atom stereocenters. The quantitative estimate of drug-likeness (QED) is 0.763. The summed E-state index contributed by atoms with van der Waals surface area (Å²) < 4.78 is 0. The van der Waals surface area contributed by atoms with Gasteiger partial charge in [-0.05, 0) is 81.1 Å². The van der Waals surface area contributed by atoms with Crippen molar-refractivity contribution < 1.29 is 0 Å². The van der Waals surface area contributed by atoms with Gasteiger partial charge in [0, 0.05) is 6.04 Å². The minimum atomic E-state index is 0.825. The Kier molecular flexibility index (Phi) is 3.47. The van der Waals surface area contributed by atoms with Crippen LogP contribution in [-0.2, 0) is 0 Å². The molecule has 1 N–H and O–H groups in total. The molecule has 0 aromatic heterocycles. The van der Waals surface area contributed by atoms with E-state index in [0.717, 1.165) is 35.6 Å². The van der Waals surface area contributed by atoms with Crippen LogP contribution < -0.4 is 5.32 Å². The van der Waals surface area contributed by atoms with Crippen molar-refractivity contribution in [2.75, 3.05) is 6.54 Å². The van der Waals surface area contributed by atoms with Crippen LogP contribution in [0.15, 0.2) is 0 Å². The van der Waals surface area contributed by atoms with Crippen molar-refractivity contribution in [2.45, 2.75) is 64.8 Å². The molecule has 98 valence electrons. The molecule has 0 amide bonds. The molecule has 0 aliphatic heterocycles. The van der Waals surface area contributed by atoms with Crippen LogP contribution >= 0.6 is 0 Å². The van der Waals surface area contributed by atoms with Crippen LogP contribution in [0.4, 0.5) is 0 Å². The first-order chi connectivity index (χ1) is 8.24. The summed E-state index contributed by atoms with van der Waals surface area (Å²) in [5.74, 6) is 5.12. The fourth-order valence-corrected chi connectivity index (χ4v) is 4.02. The smallest absolute Gasteiger partial charge is 0.00930 e. The lowest BCUT2D eigenvalue weighted by Gasteiger charge is -2.34. The standard InChI is InChI=1S/C16H29N/c1-11-3-8-16(12(2)9-11)17-10-15(13-4-5-13)14-6-7-14/h11-17H,3-10H2,1-2H3. The van der Waals surface area contributed by atoms with E-state index in [1.54, 1.807) is 0 Å². The highest BCUT2D eigenvalue weighted by molar-refractivity contribution is 4.93. The Hall–Kier alpha value is -0.0400. The molecule has 1 heteroatoms. The minimum absolute atomic E-state index is 0.825. The SMILES string of the molecule is CC1CCC(NCC(C2CC2)C2CC2)C(C)C1. The molecular weight excluding hydrogens is 206 g/mol. The lowest BCUT2D eigenvalue weighted by Crippen LogP contribution is -2.42. The van der Waals surface area contributed by atoms with Crippen LogP contribution in [0.5, 0.6) is 0 Å². The molecule has 3 aliphatic rings. The number of hydrogen-bond donors (Lipinski definition) is 1. The van der Waals surface area contributed by atoms with E-state index < -0.39 is 0 Å². The molecular formula is C16H29N. The van der Waals surface area contributed by atoms with Crippen molar-refractivity contribution >= 4 is 0 Å². The molecule has 0 bridgehead atoms. The molecule has 3 saturated carbocycles. The van der Waals surface area contributed by atoms with E-state index in [1.807, 2.05) is 0 Å². The Morgan fingerprint density at radius 3 is 2.12 bits per heavy atom. The molecule has 0 aromatic carbocycles. The van der Waals surface area contributed by atoms with E-state index >= 15 is 0 Å². The first-order valence-electron chi connectivity index (χ1n) is 7.97. The van der Waals surface area contributed by atoms with Crippen LogP contribution in [0.25, 0.3) is 0 Å². The summed E-state index contributed by atoms with van der Waals surface area (Å²) in [6, 6.07) is 0.825. The second kappa shape index (κ2) is 4.91. The number of hydrogen-bond acceptors (Lipinski definition) is 1. The molecule has 3 atom stereocenters. The van der Waals surface area contributed by atoms with E-state index in [-0.39, 0.29) is 0 Å². The van der Waals surface area contributed by atoms with Gasteiger partial charge in [0.2, 0.25) is 0 Å². The van der Waals surface area contributed by atoms with Crippen LogP contribution in [0, 0.1) is 29.6 Å². The Morgan fingerprint density at radius 1 is 0.941 bits per heavy atom. The van der Waals surface area contributed by atoms with Gasteiger partial charge in [0.25, 0.3) is 0 Å². The van der Waals surface area contributed by atoms with Crippen molar-refractivity contribution in [2.24, 2.45) is 29.6 Å². The second-order valence-electron chi connectivity index (χ2n) is 7.25. The third-order valence-electron chi connectivity index (χ3n) is 5.50. The highest BCUT2D eigenvalue weighted by atomic mass is 14.9. The molecule has 0 spiro atoms. The number of rotatable bonds is 5. The van der Waals surface area contributed by atoms with Crippen LogP contribution in [0.2, 0.25) is 0 Å². The first-order valence-corrected chi connectivity index (χ1v) is 7.97. The third-order valence-corrected chi connectivity index (χ3v) is 5.50. The van der Waals surface area contributed by atoms with Crippen molar-refractivity contribution in [3.05, 3.63) is 0 Å². The van der Waals surface area contributed by atoms with E-state index in [9.17, 15) is 0 Å². The Morgan fingerprint density at radius 2 is 1.59 bits per heavy atom. The molecule has 17 heavy (non-hydrogen) atoms. The van der Waals surface area contributed by atoms with E-state index in [1.165, 1.54) is 51.5 Å². The number of nitrogens with one attached hydrogen (secondary N) is 1. The summed E-state index contributed by atoms with van der Waals surface area (Å²) in [5, 5.41) is 3.93. The zero-order valence-electron chi connectivity index (χ0n) is 11.6. The molecule has 3 rings (SSSR count). The maximum absolute atomic E-state index is 3.93. The monoisotopic (exact) mass is 235 g/mol. The van der Waals surface area contributed by atoms with Gasteiger partial charge in [0.05, 0.1) is 0 Å². The Labute approximate surface area is 107 Å². The largest absolute Gasteiger partial charge is 0.313 e. The lowest BCUT2D eigenvalue weighted by molar-refractivity contribution is 0.214. The molecule has 3 fully saturated rings.